The van der Waals surface area contributed by atoms with E-state index in [2.05, 4.69) is 6.42 Å². The largest absolute Gasteiger partial charge is 0.493 e. The van der Waals surface area contributed by atoms with E-state index in [1.54, 1.807) is 0 Å². The SMILES string of the molecule is [CH](COc1ccccc1)CC1CO1. The van der Waals surface area contributed by atoms with E-state index in [1.165, 1.54) is 0 Å². The van der Waals surface area contributed by atoms with Gasteiger partial charge in [0.05, 0.1) is 19.3 Å². The summed E-state index contributed by atoms with van der Waals surface area (Å²) in [6.45, 7) is 1.59. The van der Waals surface area contributed by atoms with Crippen LogP contribution in [0.3, 0.4) is 0 Å². The molecule has 13 heavy (non-hydrogen) atoms. The normalized spacial score (nSPS) is 19.8. The smallest absolute Gasteiger partial charge is 0.119 e. The minimum atomic E-state index is 0.472. The second kappa shape index (κ2) is 4.28. The topological polar surface area (TPSA) is 21.8 Å². The minimum absolute atomic E-state index is 0.472. The van der Waals surface area contributed by atoms with Crippen molar-refractivity contribution in [2.75, 3.05) is 13.2 Å². The van der Waals surface area contributed by atoms with Gasteiger partial charge in [0.1, 0.15) is 5.75 Å². The van der Waals surface area contributed by atoms with E-state index in [9.17, 15) is 0 Å². The summed E-state index contributed by atoms with van der Waals surface area (Å²) in [7, 11) is 0. The molecule has 0 aliphatic carbocycles. The van der Waals surface area contributed by atoms with Crippen molar-refractivity contribution in [2.24, 2.45) is 0 Å². The Morgan fingerprint density at radius 1 is 1.38 bits per heavy atom. The van der Waals surface area contributed by atoms with E-state index in [0.29, 0.717) is 12.7 Å². The highest BCUT2D eigenvalue weighted by Gasteiger charge is 2.21. The molecule has 2 rings (SSSR count). The van der Waals surface area contributed by atoms with Gasteiger partial charge in [0.25, 0.3) is 0 Å². The molecule has 1 aromatic carbocycles. The van der Waals surface area contributed by atoms with Gasteiger partial charge in [-0.3, -0.25) is 0 Å². The fraction of sp³-hybridized carbons (Fsp3) is 0.364. The van der Waals surface area contributed by atoms with Gasteiger partial charge in [-0.15, -0.1) is 0 Å². The van der Waals surface area contributed by atoms with Gasteiger partial charge in [-0.05, 0) is 18.6 Å². The molecule has 1 aromatic rings. The molecule has 1 heterocycles. The average Bonchev–Trinajstić information content (AvgIpc) is 2.98. The number of benzene rings is 1. The molecule has 1 unspecified atom stereocenters. The van der Waals surface area contributed by atoms with Gasteiger partial charge >= 0.3 is 0 Å². The van der Waals surface area contributed by atoms with E-state index in [4.69, 9.17) is 9.47 Å². The molecule has 1 aliphatic heterocycles. The Balaban J connectivity index is 1.61. The standard InChI is InChI=1S/C11H13O2/c1-2-5-10(6-3-1)12-8-4-7-11-9-13-11/h1-6,11H,7-9H2. The Bertz CT molecular complexity index is 242. The van der Waals surface area contributed by atoms with Crippen molar-refractivity contribution >= 4 is 0 Å². The first-order valence-electron chi connectivity index (χ1n) is 4.56. The van der Waals surface area contributed by atoms with Gasteiger partial charge in [-0.2, -0.15) is 0 Å². The zero-order valence-electron chi connectivity index (χ0n) is 7.48. The first kappa shape index (κ1) is 8.57. The summed E-state index contributed by atoms with van der Waals surface area (Å²) < 4.78 is 10.5. The molecule has 1 atom stereocenters. The lowest BCUT2D eigenvalue weighted by atomic mass is 10.2. The number of epoxide rings is 1. The zero-order valence-corrected chi connectivity index (χ0v) is 7.48. The molecular weight excluding hydrogens is 164 g/mol. The first-order chi connectivity index (χ1) is 6.45. The molecule has 0 spiro atoms. The van der Waals surface area contributed by atoms with Crippen LogP contribution in [0, 0.1) is 6.42 Å². The van der Waals surface area contributed by atoms with Gasteiger partial charge < -0.3 is 9.47 Å². The van der Waals surface area contributed by atoms with E-state index in [0.717, 1.165) is 18.8 Å². The summed E-state index contributed by atoms with van der Waals surface area (Å²) in [6.07, 6.45) is 3.59. The third kappa shape index (κ3) is 3.07. The van der Waals surface area contributed by atoms with Crippen LogP contribution in [0.1, 0.15) is 6.42 Å². The lowest BCUT2D eigenvalue weighted by Gasteiger charge is -2.03. The third-order valence-corrected chi connectivity index (χ3v) is 1.94. The molecule has 0 N–H and O–H groups in total. The van der Waals surface area contributed by atoms with Gasteiger partial charge in [0.15, 0.2) is 0 Å². The summed E-state index contributed by atoms with van der Waals surface area (Å²) in [5.74, 6) is 0.926. The molecule has 1 aliphatic rings. The van der Waals surface area contributed by atoms with Gasteiger partial charge in [0, 0.05) is 6.42 Å². The Hall–Kier alpha value is -1.02. The fourth-order valence-corrected chi connectivity index (χ4v) is 1.13. The lowest BCUT2D eigenvalue weighted by Crippen LogP contribution is -1.99. The van der Waals surface area contributed by atoms with Gasteiger partial charge in [-0.1, -0.05) is 18.2 Å². The zero-order chi connectivity index (χ0) is 8.93. The molecule has 2 heteroatoms. The third-order valence-electron chi connectivity index (χ3n) is 1.94. The van der Waals surface area contributed by atoms with Crippen LogP contribution >= 0.6 is 0 Å². The Labute approximate surface area is 78.5 Å². The summed E-state index contributed by atoms with van der Waals surface area (Å²) in [6, 6.07) is 9.84. The number of hydrogen-bond acceptors (Lipinski definition) is 2. The second-order valence-electron chi connectivity index (χ2n) is 3.10. The molecule has 2 nitrogen and oxygen atoms in total. The van der Waals surface area contributed by atoms with Crippen molar-refractivity contribution in [1.82, 2.24) is 0 Å². The number of ether oxygens (including phenoxy) is 2. The van der Waals surface area contributed by atoms with Crippen LogP contribution in [0.4, 0.5) is 0 Å². The highest BCUT2D eigenvalue weighted by atomic mass is 16.6. The van der Waals surface area contributed by atoms with Crippen LogP contribution in [-0.2, 0) is 4.74 Å². The molecule has 69 valence electrons. The maximum absolute atomic E-state index is 5.47. The summed E-state index contributed by atoms with van der Waals surface area (Å²) in [4.78, 5) is 0. The van der Waals surface area contributed by atoms with Crippen LogP contribution in [0.5, 0.6) is 5.75 Å². The Morgan fingerprint density at radius 3 is 2.85 bits per heavy atom. The van der Waals surface area contributed by atoms with Crippen LogP contribution in [0.2, 0.25) is 0 Å². The van der Waals surface area contributed by atoms with E-state index in [-0.39, 0.29) is 0 Å². The fourth-order valence-electron chi connectivity index (χ4n) is 1.13. The highest BCUT2D eigenvalue weighted by molar-refractivity contribution is 5.20. The average molecular weight is 177 g/mol. The molecule has 0 aromatic heterocycles. The van der Waals surface area contributed by atoms with Crippen LogP contribution < -0.4 is 4.74 Å². The molecule has 1 radical (unpaired) electrons. The van der Waals surface area contributed by atoms with Gasteiger partial charge in [-0.25, -0.2) is 0 Å². The molecule has 1 fully saturated rings. The molecule has 0 saturated carbocycles. The van der Waals surface area contributed by atoms with Crippen molar-refractivity contribution in [3.63, 3.8) is 0 Å². The molecular formula is C11H13O2. The van der Waals surface area contributed by atoms with Crippen LogP contribution in [-0.4, -0.2) is 19.3 Å². The molecule has 0 amide bonds. The maximum Gasteiger partial charge on any atom is 0.119 e. The first-order valence-corrected chi connectivity index (χ1v) is 4.56. The van der Waals surface area contributed by atoms with E-state index < -0.39 is 0 Å². The Kier molecular flexibility index (Phi) is 2.82. The van der Waals surface area contributed by atoms with Crippen molar-refractivity contribution in [3.8, 4) is 5.75 Å². The lowest BCUT2D eigenvalue weighted by molar-refractivity contribution is 0.334. The summed E-state index contributed by atoms with van der Waals surface area (Å²) in [5, 5.41) is 0. The summed E-state index contributed by atoms with van der Waals surface area (Å²) in [5.41, 5.74) is 0. The van der Waals surface area contributed by atoms with Crippen molar-refractivity contribution in [2.45, 2.75) is 12.5 Å². The minimum Gasteiger partial charge on any atom is -0.493 e. The van der Waals surface area contributed by atoms with Crippen molar-refractivity contribution in [3.05, 3.63) is 36.8 Å². The predicted molar refractivity (Wildman–Crippen MR) is 50.6 cm³/mol. The predicted octanol–water partition coefficient (Wildman–Crippen LogP) is 2.06. The van der Waals surface area contributed by atoms with Crippen molar-refractivity contribution < 1.29 is 9.47 Å². The van der Waals surface area contributed by atoms with E-state index >= 15 is 0 Å². The number of para-hydroxylation sites is 1. The maximum atomic E-state index is 5.47. The van der Waals surface area contributed by atoms with Crippen molar-refractivity contribution in [1.29, 1.82) is 0 Å². The quantitative estimate of drug-likeness (QED) is 0.507. The van der Waals surface area contributed by atoms with Gasteiger partial charge in [0.2, 0.25) is 0 Å². The molecule has 0 bridgehead atoms. The number of rotatable bonds is 5. The highest BCUT2D eigenvalue weighted by Crippen LogP contribution is 2.15. The van der Waals surface area contributed by atoms with Crippen LogP contribution in [0.15, 0.2) is 30.3 Å². The second-order valence-corrected chi connectivity index (χ2v) is 3.10. The summed E-state index contributed by atoms with van der Waals surface area (Å²) >= 11 is 0. The monoisotopic (exact) mass is 177 g/mol. The number of hydrogen-bond donors (Lipinski definition) is 0. The van der Waals surface area contributed by atoms with Crippen LogP contribution in [0.25, 0.3) is 0 Å². The van der Waals surface area contributed by atoms with E-state index in [1.807, 2.05) is 30.3 Å². The molecule has 1 saturated heterocycles. The Morgan fingerprint density at radius 2 is 2.15 bits per heavy atom.